The number of carbonyl (C=O) groups is 2. The minimum absolute atomic E-state index is 0.0863. The Morgan fingerprint density at radius 1 is 1.26 bits per heavy atom. The lowest BCUT2D eigenvalue weighted by atomic mass is 9.79. The Labute approximate surface area is 133 Å². The van der Waals surface area contributed by atoms with E-state index in [-0.39, 0.29) is 22.8 Å². The van der Waals surface area contributed by atoms with Gasteiger partial charge in [0.1, 0.15) is 0 Å². The van der Waals surface area contributed by atoms with Crippen molar-refractivity contribution < 1.29 is 14.7 Å². The molecule has 0 bridgehead atoms. The number of carboxylic acids is 1. The number of amides is 1. The number of hydrogen-bond donors (Lipinski definition) is 3. The van der Waals surface area contributed by atoms with Crippen molar-refractivity contribution in [2.24, 2.45) is 0 Å². The van der Waals surface area contributed by atoms with Crippen LogP contribution >= 0.6 is 0 Å². The summed E-state index contributed by atoms with van der Waals surface area (Å²) in [7, 11) is 0. The maximum atomic E-state index is 12.0. The SMILES string of the molecule is CC(C)(C)c1[nH]nc2c1C(c1ccc(C(=O)O)cc1)CC(=O)N2. The van der Waals surface area contributed by atoms with Gasteiger partial charge in [-0.3, -0.25) is 9.89 Å². The van der Waals surface area contributed by atoms with Crippen LogP contribution in [-0.2, 0) is 10.2 Å². The molecule has 6 heteroatoms. The van der Waals surface area contributed by atoms with Gasteiger partial charge in [-0.1, -0.05) is 32.9 Å². The number of hydrogen-bond acceptors (Lipinski definition) is 3. The van der Waals surface area contributed by atoms with Gasteiger partial charge in [0.05, 0.1) is 5.56 Å². The maximum absolute atomic E-state index is 12.0. The summed E-state index contributed by atoms with van der Waals surface area (Å²) in [5, 5.41) is 19.1. The van der Waals surface area contributed by atoms with Crippen LogP contribution in [0.2, 0.25) is 0 Å². The van der Waals surface area contributed by atoms with E-state index in [1.165, 1.54) is 0 Å². The van der Waals surface area contributed by atoms with Crippen LogP contribution in [0, 0.1) is 0 Å². The topological polar surface area (TPSA) is 95.1 Å². The van der Waals surface area contributed by atoms with E-state index in [1.54, 1.807) is 24.3 Å². The van der Waals surface area contributed by atoms with Crippen molar-refractivity contribution in [2.75, 3.05) is 5.32 Å². The molecule has 120 valence electrons. The van der Waals surface area contributed by atoms with E-state index < -0.39 is 5.97 Å². The highest BCUT2D eigenvalue weighted by molar-refractivity contribution is 5.94. The average Bonchev–Trinajstić information content (AvgIpc) is 2.90. The fraction of sp³-hybridized carbons (Fsp3) is 0.353. The number of fused-ring (bicyclic) bond motifs is 1. The van der Waals surface area contributed by atoms with Gasteiger partial charge in [0.2, 0.25) is 5.91 Å². The largest absolute Gasteiger partial charge is 0.478 e. The molecule has 6 nitrogen and oxygen atoms in total. The molecular weight excluding hydrogens is 294 g/mol. The lowest BCUT2D eigenvalue weighted by Gasteiger charge is -2.27. The molecule has 2 heterocycles. The van der Waals surface area contributed by atoms with E-state index in [0.717, 1.165) is 16.8 Å². The third kappa shape index (κ3) is 2.72. The molecule has 1 aliphatic heterocycles. The summed E-state index contributed by atoms with van der Waals surface area (Å²) in [6, 6.07) is 6.69. The van der Waals surface area contributed by atoms with Crippen molar-refractivity contribution in [3.05, 3.63) is 46.6 Å². The summed E-state index contributed by atoms with van der Waals surface area (Å²) in [5.74, 6) is -0.609. The van der Waals surface area contributed by atoms with Gasteiger partial charge < -0.3 is 10.4 Å². The normalized spacial score (nSPS) is 17.5. The molecule has 1 amide bonds. The number of anilines is 1. The summed E-state index contributed by atoms with van der Waals surface area (Å²) in [6.07, 6.45) is 0.321. The van der Waals surface area contributed by atoms with Crippen LogP contribution in [0.4, 0.5) is 5.82 Å². The molecule has 3 rings (SSSR count). The van der Waals surface area contributed by atoms with E-state index in [4.69, 9.17) is 5.11 Å². The molecule has 0 spiro atoms. The van der Waals surface area contributed by atoms with Gasteiger partial charge in [-0.05, 0) is 17.7 Å². The number of nitrogens with one attached hydrogen (secondary N) is 2. The summed E-state index contributed by atoms with van der Waals surface area (Å²) >= 11 is 0. The number of carboxylic acid groups (broad SMARTS) is 1. The highest BCUT2D eigenvalue weighted by atomic mass is 16.4. The minimum atomic E-state index is -0.961. The minimum Gasteiger partial charge on any atom is -0.478 e. The highest BCUT2D eigenvalue weighted by Crippen LogP contribution is 2.41. The van der Waals surface area contributed by atoms with E-state index in [9.17, 15) is 9.59 Å². The Bertz CT molecular complexity index is 769. The summed E-state index contributed by atoms with van der Waals surface area (Å²) < 4.78 is 0. The fourth-order valence-corrected chi connectivity index (χ4v) is 2.97. The van der Waals surface area contributed by atoms with Gasteiger partial charge in [-0.15, -0.1) is 0 Å². The standard InChI is InChI=1S/C17H19N3O3/c1-17(2,3)14-13-11(8-12(21)18-15(13)20-19-14)9-4-6-10(7-5-9)16(22)23/h4-7,11H,8H2,1-3H3,(H,22,23)(H2,18,19,20,21). The quantitative estimate of drug-likeness (QED) is 0.794. The van der Waals surface area contributed by atoms with Crippen molar-refractivity contribution in [1.82, 2.24) is 10.2 Å². The first-order chi connectivity index (χ1) is 10.8. The Hall–Kier alpha value is -2.63. The smallest absolute Gasteiger partial charge is 0.335 e. The summed E-state index contributed by atoms with van der Waals surface area (Å²) in [6.45, 7) is 6.26. The highest BCUT2D eigenvalue weighted by Gasteiger charge is 2.34. The van der Waals surface area contributed by atoms with Crippen LogP contribution in [-0.4, -0.2) is 27.2 Å². The zero-order chi connectivity index (χ0) is 16.8. The molecule has 0 fully saturated rings. The number of aromatic carboxylic acids is 1. The number of aromatic amines is 1. The molecule has 1 aliphatic rings. The van der Waals surface area contributed by atoms with Crippen molar-refractivity contribution in [1.29, 1.82) is 0 Å². The van der Waals surface area contributed by atoms with Crippen LogP contribution in [0.5, 0.6) is 0 Å². The van der Waals surface area contributed by atoms with Gasteiger partial charge in [0, 0.05) is 29.0 Å². The maximum Gasteiger partial charge on any atom is 0.335 e. The second-order valence-electron chi connectivity index (χ2n) is 6.84. The number of H-pyrrole nitrogens is 1. The molecule has 0 saturated heterocycles. The van der Waals surface area contributed by atoms with E-state index in [0.29, 0.717) is 12.2 Å². The number of rotatable bonds is 2. The second-order valence-corrected chi connectivity index (χ2v) is 6.84. The fourth-order valence-electron chi connectivity index (χ4n) is 2.97. The zero-order valence-electron chi connectivity index (χ0n) is 13.3. The molecule has 23 heavy (non-hydrogen) atoms. The predicted octanol–water partition coefficient (Wildman–Crippen LogP) is 2.88. The Morgan fingerprint density at radius 3 is 2.48 bits per heavy atom. The average molecular weight is 313 g/mol. The van der Waals surface area contributed by atoms with Crippen LogP contribution in [0.3, 0.4) is 0 Å². The summed E-state index contributed by atoms with van der Waals surface area (Å²) in [4.78, 5) is 23.0. The van der Waals surface area contributed by atoms with Crippen molar-refractivity contribution >= 4 is 17.7 Å². The first kappa shape index (κ1) is 15.3. The molecule has 3 N–H and O–H groups in total. The van der Waals surface area contributed by atoms with Crippen LogP contribution in [0.25, 0.3) is 0 Å². The molecule has 0 saturated carbocycles. The third-order valence-corrected chi connectivity index (χ3v) is 4.11. The zero-order valence-corrected chi connectivity index (χ0v) is 13.3. The lowest BCUT2D eigenvalue weighted by Crippen LogP contribution is -2.25. The van der Waals surface area contributed by atoms with Crippen molar-refractivity contribution in [3.63, 3.8) is 0 Å². The number of aromatic nitrogens is 2. The monoisotopic (exact) mass is 313 g/mol. The number of benzene rings is 1. The molecule has 1 aromatic carbocycles. The van der Waals surface area contributed by atoms with Crippen LogP contribution in [0.15, 0.2) is 24.3 Å². The summed E-state index contributed by atoms with van der Waals surface area (Å²) in [5.41, 5.74) is 2.98. The van der Waals surface area contributed by atoms with Crippen molar-refractivity contribution in [2.45, 2.75) is 38.5 Å². The Kier molecular flexibility index (Phi) is 3.47. The molecule has 1 unspecified atom stereocenters. The van der Waals surface area contributed by atoms with E-state index in [2.05, 4.69) is 36.3 Å². The van der Waals surface area contributed by atoms with Gasteiger partial charge in [-0.25, -0.2) is 4.79 Å². The molecule has 0 radical (unpaired) electrons. The number of carbonyl (C=O) groups excluding carboxylic acids is 1. The van der Waals surface area contributed by atoms with E-state index in [1.807, 2.05) is 0 Å². The van der Waals surface area contributed by atoms with Crippen LogP contribution in [0.1, 0.15) is 60.3 Å². The van der Waals surface area contributed by atoms with Gasteiger partial charge in [-0.2, -0.15) is 5.10 Å². The molecule has 2 aromatic rings. The molecular formula is C17H19N3O3. The van der Waals surface area contributed by atoms with Crippen LogP contribution < -0.4 is 5.32 Å². The van der Waals surface area contributed by atoms with Gasteiger partial charge in [0.15, 0.2) is 5.82 Å². The Morgan fingerprint density at radius 2 is 1.91 bits per heavy atom. The van der Waals surface area contributed by atoms with E-state index >= 15 is 0 Å². The third-order valence-electron chi connectivity index (χ3n) is 4.11. The second kappa shape index (κ2) is 5.22. The molecule has 1 aromatic heterocycles. The van der Waals surface area contributed by atoms with Gasteiger partial charge >= 0.3 is 5.97 Å². The molecule has 0 aliphatic carbocycles. The molecule has 1 atom stereocenters. The Balaban J connectivity index is 2.09. The predicted molar refractivity (Wildman–Crippen MR) is 85.8 cm³/mol. The lowest BCUT2D eigenvalue weighted by molar-refractivity contribution is -0.116. The number of nitrogens with zero attached hydrogens (tertiary/aromatic N) is 1. The first-order valence-corrected chi connectivity index (χ1v) is 7.49. The van der Waals surface area contributed by atoms with Crippen molar-refractivity contribution in [3.8, 4) is 0 Å². The first-order valence-electron chi connectivity index (χ1n) is 7.49. The van der Waals surface area contributed by atoms with Gasteiger partial charge in [0.25, 0.3) is 0 Å².